The lowest BCUT2D eigenvalue weighted by molar-refractivity contribution is 0.0260. The molecule has 1 unspecified atom stereocenters. The molecule has 1 N–H and O–H groups in total. The standard InChI is InChI=1S/C17H23N5O3/c1-3-4-13-9-14(20-25-13)16(23)21(2)11-17(24)5-8-22(12-17)15-10-18-6-7-19-15/h6-7,9-10,24H,3-5,8,11-12H2,1-2H3. The van der Waals surface area contributed by atoms with Crippen molar-refractivity contribution in [3.8, 4) is 0 Å². The second kappa shape index (κ2) is 7.18. The SMILES string of the molecule is CCCc1cc(C(=O)N(C)CC2(O)CCN(c3cnccn3)C2)no1. The fourth-order valence-electron chi connectivity index (χ4n) is 3.12. The highest BCUT2D eigenvalue weighted by atomic mass is 16.5. The van der Waals surface area contributed by atoms with Crippen molar-refractivity contribution in [3.05, 3.63) is 36.1 Å². The molecule has 2 aromatic heterocycles. The minimum atomic E-state index is -0.988. The first-order chi connectivity index (χ1) is 12.0. The van der Waals surface area contributed by atoms with Crippen molar-refractivity contribution in [1.29, 1.82) is 0 Å². The number of amides is 1. The molecule has 0 radical (unpaired) electrons. The molecule has 1 saturated heterocycles. The van der Waals surface area contributed by atoms with Crippen LogP contribution in [0.25, 0.3) is 0 Å². The van der Waals surface area contributed by atoms with Crippen LogP contribution in [0, 0.1) is 0 Å². The largest absolute Gasteiger partial charge is 0.386 e. The van der Waals surface area contributed by atoms with Crippen molar-refractivity contribution in [1.82, 2.24) is 20.0 Å². The van der Waals surface area contributed by atoms with Crippen LogP contribution in [-0.4, -0.2) is 63.3 Å². The Kier molecular flexibility index (Phi) is 4.98. The van der Waals surface area contributed by atoms with Gasteiger partial charge in [0.2, 0.25) is 0 Å². The number of nitrogens with zero attached hydrogens (tertiary/aromatic N) is 5. The van der Waals surface area contributed by atoms with Crippen LogP contribution < -0.4 is 4.90 Å². The molecule has 3 heterocycles. The van der Waals surface area contributed by atoms with Gasteiger partial charge in [0, 0.05) is 45.0 Å². The van der Waals surface area contributed by atoms with E-state index in [2.05, 4.69) is 15.1 Å². The number of hydrogen-bond acceptors (Lipinski definition) is 7. The lowest BCUT2D eigenvalue weighted by Crippen LogP contribution is -2.46. The number of aryl methyl sites for hydroxylation is 1. The van der Waals surface area contributed by atoms with E-state index < -0.39 is 5.60 Å². The van der Waals surface area contributed by atoms with Gasteiger partial charge in [-0.2, -0.15) is 0 Å². The van der Waals surface area contributed by atoms with Crippen LogP contribution in [0.1, 0.15) is 36.0 Å². The number of aliphatic hydroxyl groups is 1. The molecule has 8 nitrogen and oxygen atoms in total. The molecular weight excluding hydrogens is 322 g/mol. The minimum Gasteiger partial charge on any atom is -0.386 e. The van der Waals surface area contributed by atoms with E-state index in [0.29, 0.717) is 25.3 Å². The maximum absolute atomic E-state index is 12.5. The molecule has 3 rings (SSSR count). The summed E-state index contributed by atoms with van der Waals surface area (Å²) in [6.07, 6.45) is 7.15. The maximum atomic E-state index is 12.5. The molecule has 0 bridgehead atoms. The van der Waals surface area contributed by atoms with Crippen LogP contribution in [-0.2, 0) is 6.42 Å². The van der Waals surface area contributed by atoms with Gasteiger partial charge in [-0.15, -0.1) is 0 Å². The van der Waals surface area contributed by atoms with Gasteiger partial charge in [-0.1, -0.05) is 12.1 Å². The summed E-state index contributed by atoms with van der Waals surface area (Å²) < 4.78 is 5.16. The lowest BCUT2D eigenvalue weighted by atomic mass is 10.0. The van der Waals surface area contributed by atoms with E-state index in [1.807, 2.05) is 11.8 Å². The number of rotatable bonds is 6. The predicted octanol–water partition coefficient (Wildman–Crippen LogP) is 1.13. The molecule has 0 aliphatic carbocycles. The predicted molar refractivity (Wildman–Crippen MR) is 91.3 cm³/mol. The Labute approximate surface area is 146 Å². The third kappa shape index (κ3) is 3.96. The van der Waals surface area contributed by atoms with Gasteiger partial charge in [0.15, 0.2) is 5.69 Å². The van der Waals surface area contributed by atoms with Gasteiger partial charge in [-0.25, -0.2) is 4.98 Å². The molecule has 1 atom stereocenters. The topological polar surface area (TPSA) is 95.6 Å². The highest BCUT2D eigenvalue weighted by Gasteiger charge is 2.39. The first-order valence-electron chi connectivity index (χ1n) is 8.45. The van der Waals surface area contributed by atoms with Gasteiger partial charge in [0.25, 0.3) is 5.91 Å². The fourth-order valence-corrected chi connectivity index (χ4v) is 3.12. The molecule has 0 aromatic carbocycles. The molecule has 2 aromatic rings. The molecule has 0 spiro atoms. The van der Waals surface area contributed by atoms with Crippen LogP contribution in [0.2, 0.25) is 0 Å². The Morgan fingerprint density at radius 1 is 1.48 bits per heavy atom. The quantitative estimate of drug-likeness (QED) is 0.838. The van der Waals surface area contributed by atoms with Crippen molar-refractivity contribution in [2.24, 2.45) is 0 Å². The molecule has 1 fully saturated rings. The van der Waals surface area contributed by atoms with Crippen molar-refractivity contribution in [2.45, 2.75) is 31.8 Å². The Balaban J connectivity index is 1.61. The van der Waals surface area contributed by atoms with Crippen LogP contribution in [0.5, 0.6) is 0 Å². The third-order valence-corrected chi connectivity index (χ3v) is 4.36. The maximum Gasteiger partial charge on any atom is 0.275 e. The Morgan fingerprint density at radius 3 is 3.04 bits per heavy atom. The van der Waals surface area contributed by atoms with Gasteiger partial charge in [-0.3, -0.25) is 9.78 Å². The molecule has 1 amide bonds. The summed E-state index contributed by atoms with van der Waals surface area (Å²) in [7, 11) is 1.67. The van der Waals surface area contributed by atoms with Crippen LogP contribution in [0.15, 0.2) is 29.2 Å². The van der Waals surface area contributed by atoms with Gasteiger partial charge < -0.3 is 19.4 Å². The summed E-state index contributed by atoms with van der Waals surface area (Å²) in [5.74, 6) is 1.18. The second-order valence-electron chi connectivity index (χ2n) is 6.55. The number of carbonyl (C=O) groups excluding carboxylic acids is 1. The van der Waals surface area contributed by atoms with E-state index in [1.165, 1.54) is 4.90 Å². The van der Waals surface area contributed by atoms with Crippen LogP contribution >= 0.6 is 0 Å². The first-order valence-corrected chi connectivity index (χ1v) is 8.45. The Bertz CT molecular complexity index is 720. The molecule has 25 heavy (non-hydrogen) atoms. The molecule has 1 aliphatic rings. The van der Waals surface area contributed by atoms with Crippen LogP contribution in [0.3, 0.4) is 0 Å². The zero-order valence-corrected chi connectivity index (χ0v) is 14.6. The van der Waals surface area contributed by atoms with E-state index in [9.17, 15) is 9.90 Å². The van der Waals surface area contributed by atoms with Gasteiger partial charge >= 0.3 is 0 Å². The normalized spacial score (nSPS) is 20.0. The lowest BCUT2D eigenvalue weighted by Gasteiger charge is -2.28. The molecule has 8 heteroatoms. The van der Waals surface area contributed by atoms with E-state index in [0.717, 1.165) is 18.7 Å². The van der Waals surface area contributed by atoms with Crippen molar-refractivity contribution in [2.75, 3.05) is 31.6 Å². The molecule has 134 valence electrons. The van der Waals surface area contributed by atoms with Crippen molar-refractivity contribution in [3.63, 3.8) is 0 Å². The third-order valence-electron chi connectivity index (χ3n) is 4.36. The van der Waals surface area contributed by atoms with Crippen molar-refractivity contribution < 1.29 is 14.4 Å². The number of β-amino-alcohol motifs (C(OH)–C–C–N with tert-alkyl or cyclic N) is 1. The fraction of sp³-hybridized carbons (Fsp3) is 0.529. The number of likely N-dealkylation sites (N-methyl/N-ethyl adjacent to an activating group) is 1. The zero-order chi connectivity index (χ0) is 17.9. The number of aromatic nitrogens is 3. The number of carbonyl (C=O) groups is 1. The van der Waals surface area contributed by atoms with Gasteiger partial charge in [0.1, 0.15) is 17.2 Å². The highest BCUT2D eigenvalue weighted by Crippen LogP contribution is 2.26. The smallest absolute Gasteiger partial charge is 0.275 e. The Hall–Kier alpha value is -2.48. The number of hydrogen-bond donors (Lipinski definition) is 1. The summed E-state index contributed by atoms with van der Waals surface area (Å²) in [6, 6.07) is 1.67. The average Bonchev–Trinajstić information content (AvgIpc) is 3.22. The summed E-state index contributed by atoms with van der Waals surface area (Å²) >= 11 is 0. The average molecular weight is 345 g/mol. The minimum absolute atomic E-state index is 0.221. The summed E-state index contributed by atoms with van der Waals surface area (Å²) in [6.45, 7) is 3.33. The van der Waals surface area contributed by atoms with E-state index in [4.69, 9.17) is 4.52 Å². The van der Waals surface area contributed by atoms with Gasteiger partial charge in [0.05, 0.1) is 12.7 Å². The molecular formula is C17H23N5O3. The van der Waals surface area contributed by atoms with E-state index >= 15 is 0 Å². The van der Waals surface area contributed by atoms with E-state index in [-0.39, 0.29) is 18.1 Å². The van der Waals surface area contributed by atoms with Crippen molar-refractivity contribution >= 4 is 11.7 Å². The molecule has 1 aliphatic heterocycles. The summed E-state index contributed by atoms with van der Waals surface area (Å²) in [5.41, 5.74) is -0.712. The highest BCUT2D eigenvalue weighted by molar-refractivity contribution is 5.92. The number of anilines is 1. The Morgan fingerprint density at radius 2 is 2.32 bits per heavy atom. The zero-order valence-electron chi connectivity index (χ0n) is 14.6. The molecule has 0 saturated carbocycles. The van der Waals surface area contributed by atoms with Crippen LogP contribution in [0.4, 0.5) is 5.82 Å². The first kappa shape index (κ1) is 17.3. The summed E-state index contributed by atoms with van der Waals surface area (Å²) in [5, 5.41) is 14.7. The second-order valence-corrected chi connectivity index (χ2v) is 6.55. The van der Waals surface area contributed by atoms with Gasteiger partial charge in [-0.05, 0) is 12.8 Å². The monoisotopic (exact) mass is 345 g/mol. The summed E-state index contributed by atoms with van der Waals surface area (Å²) in [4.78, 5) is 24.3. The van der Waals surface area contributed by atoms with E-state index in [1.54, 1.807) is 31.7 Å².